The van der Waals surface area contributed by atoms with Crippen molar-refractivity contribution >= 4 is 0 Å². The fourth-order valence-electron chi connectivity index (χ4n) is 0.380. The van der Waals surface area contributed by atoms with Crippen LogP contribution in [0.15, 0.2) is 10.8 Å². The van der Waals surface area contributed by atoms with E-state index in [1.54, 1.807) is 6.92 Å². The third-order valence-electron chi connectivity index (χ3n) is 0.766. The van der Waals surface area contributed by atoms with E-state index in [9.17, 15) is 0 Å². The molecule has 0 bridgehead atoms. The Hall–Kier alpha value is -0.900. The second kappa shape index (κ2) is 1.92. The van der Waals surface area contributed by atoms with Gasteiger partial charge in [0.05, 0.1) is 6.04 Å². The zero-order valence-corrected chi connectivity index (χ0v) is 4.53. The third-order valence-corrected chi connectivity index (χ3v) is 0.766. The lowest BCUT2D eigenvalue weighted by atomic mass is 10.4. The Bertz CT molecular complexity index is 146. The highest BCUT2D eigenvalue weighted by molar-refractivity contribution is 4.79. The first-order chi connectivity index (χ1) is 3.80. The minimum atomic E-state index is -0.155. The van der Waals surface area contributed by atoms with Crippen LogP contribution in [-0.4, -0.2) is 10.2 Å². The first-order valence-corrected chi connectivity index (χ1v) is 2.32. The summed E-state index contributed by atoms with van der Waals surface area (Å²) in [4.78, 5) is 0. The van der Waals surface area contributed by atoms with Crippen LogP contribution >= 0.6 is 0 Å². The van der Waals surface area contributed by atoms with Crippen molar-refractivity contribution in [3.8, 4) is 0 Å². The second-order valence-corrected chi connectivity index (χ2v) is 1.57. The minimum Gasteiger partial charge on any atom is -0.426 e. The van der Waals surface area contributed by atoms with Crippen molar-refractivity contribution in [1.82, 2.24) is 10.2 Å². The Morgan fingerprint density at radius 1 is 1.88 bits per heavy atom. The summed E-state index contributed by atoms with van der Waals surface area (Å²) in [5, 5.41) is 7.02. The first kappa shape index (κ1) is 5.24. The van der Waals surface area contributed by atoms with E-state index in [-0.39, 0.29) is 6.04 Å². The van der Waals surface area contributed by atoms with Gasteiger partial charge in [0.15, 0.2) is 0 Å². The predicted molar refractivity (Wildman–Crippen MR) is 26.9 cm³/mol. The molecule has 4 nitrogen and oxygen atoms in total. The van der Waals surface area contributed by atoms with Gasteiger partial charge in [-0.05, 0) is 6.92 Å². The maximum atomic E-state index is 5.36. The highest BCUT2D eigenvalue weighted by Crippen LogP contribution is 2.01. The van der Waals surface area contributed by atoms with Gasteiger partial charge in [0.2, 0.25) is 12.3 Å². The average Bonchev–Trinajstić information content (AvgIpc) is 2.12. The molecule has 0 aliphatic rings. The van der Waals surface area contributed by atoms with E-state index in [0.717, 1.165) is 0 Å². The molecule has 0 spiro atoms. The molecule has 0 radical (unpaired) electrons. The topological polar surface area (TPSA) is 64.9 Å². The summed E-state index contributed by atoms with van der Waals surface area (Å²) in [5.41, 5.74) is 5.36. The number of hydrogen-bond acceptors (Lipinski definition) is 4. The normalized spacial score (nSPS) is 13.8. The lowest BCUT2D eigenvalue weighted by Crippen LogP contribution is -2.04. The van der Waals surface area contributed by atoms with E-state index < -0.39 is 0 Å². The summed E-state index contributed by atoms with van der Waals surface area (Å²) >= 11 is 0. The van der Waals surface area contributed by atoms with Crippen LogP contribution in [-0.2, 0) is 0 Å². The Balaban J connectivity index is 2.77. The largest absolute Gasteiger partial charge is 0.426 e. The van der Waals surface area contributed by atoms with Gasteiger partial charge in [0, 0.05) is 0 Å². The van der Waals surface area contributed by atoms with Gasteiger partial charge in [-0.2, -0.15) is 0 Å². The molecule has 0 fully saturated rings. The maximum absolute atomic E-state index is 5.36. The molecule has 8 heavy (non-hydrogen) atoms. The Kier molecular flexibility index (Phi) is 1.26. The average molecular weight is 113 g/mol. The molecular formula is C4H7N3O. The van der Waals surface area contributed by atoms with Crippen LogP contribution in [0.5, 0.6) is 0 Å². The van der Waals surface area contributed by atoms with Gasteiger partial charge in [-0.1, -0.05) is 0 Å². The molecule has 4 heteroatoms. The van der Waals surface area contributed by atoms with E-state index in [1.807, 2.05) is 0 Å². The predicted octanol–water partition coefficient (Wildman–Crippen LogP) is 0.0893. The molecule has 0 aliphatic carbocycles. The second-order valence-electron chi connectivity index (χ2n) is 1.57. The number of aromatic nitrogens is 2. The SMILES string of the molecule is C[C@@H](N)c1nnco1. The molecule has 0 aromatic carbocycles. The molecule has 0 amide bonds. The van der Waals surface area contributed by atoms with Gasteiger partial charge in [0.1, 0.15) is 0 Å². The molecule has 1 aromatic rings. The van der Waals surface area contributed by atoms with E-state index in [0.29, 0.717) is 5.89 Å². The lowest BCUT2D eigenvalue weighted by molar-refractivity contribution is 0.463. The molecule has 1 rings (SSSR count). The monoisotopic (exact) mass is 113 g/mol. The van der Waals surface area contributed by atoms with Gasteiger partial charge >= 0.3 is 0 Å². The van der Waals surface area contributed by atoms with Gasteiger partial charge in [-0.15, -0.1) is 10.2 Å². The molecule has 0 aliphatic heterocycles. The highest BCUT2D eigenvalue weighted by Gasteiger charge is 2.01. The van der Waals surface area contributed by atoms with Crippen LogP contribution in [0.3, 0.4) is 0 Å². The fraction of sp³-hybridized carbons (Fsp3) is 0.500. The fourth-order valence-corrected chi connectivity index (χ4v) is 0.380. The zero-order chi connectivity index (χ0) is 5.98. The summed E-state index contributed by atoms with van der Waals surface area (Å²) in [6, 6.07) is -0.155. The van der Waals surface area contributed by atoms with Crippen molar-refractivity contribution in [3.63, 3.8) is 0 Å². The lowest BCUT2D eigenvalue weighted by Gasteiger charge is -1.92. The molecule has 1 aromatic heterocycles. The van der Waals surface area contributed by atoms with Crippen LogP contribution < -0.4 is 5.73 Å². The summed E-state index contributed by atoms with van der Waals surface area (Å²) in [6.45, 7) is 1.79. The van der Waals surface area contributed by atoms with Crippen LogP contribution in [0.25, 0.3) is 0 Å². The van der Waals surface area contributed by atoms with Crippen LogP contribution in [0, 0.1) is 0 Å². The van der Waals surface area contributed by atoms with Crippen LogP contribution in [0.1, 0.15) is 18.9 Å². The Morgan fingerprint density at radius 2 is 2.62 bits per heavy atom. The molecule has 1 heterocycles. The maximum Gasteiger partial charge on any atom is 0.232 e. The Morgan fingerprint density at radius 3 is 2.88 bits per heavy atom. The van der Waals surface area contributed by atoms with Gasteiger partial charge in [0.25, 0.3) is 0 Å². The molecule has 0 unspecified atom stereocenters. The first-order valence-electron chi connectivity index (χ1n) is 2.32. The minimum absolute atomic E-state index is 0.155. The van der Waals surface area contributed by atoms with Gasteiger partial charge < -0.3 is 10.2 Å². The standard InChI is InChI=1S/C4H7N3O/c1-3(5)4-7-6-2-8-4/h2-3H,5H2,1H3/t3-/m1/s1. The molecular weight excluding hydrogens is 106 g/mol. The van der Waals surface area contributed by atoms with Crippen molar-refractivity contribution in [1.29, 1.82) is 0 Å². The van der Waals surface area contributed by atoms with Gasteiger partial charge in [-0.25, -0.2) is 0 Å². The summed E-state index contributed by atoms with van der Waals surface area (Å²) in [5.74, 6) is 0.477. The number of nitrogens with two attached hydrogens (primary N) is 1. The highest BCUT2D eigenvalue weighted by atomic mass is 16.4. The van der Waals surface area contributed by atoms with E-state index in [2.05, 4.69) is 10.2 Å². The van der Waals surface area contributed by atoms with E-state index in [4.69, 9.17) is 10.2 Å². The zero-order valence-electron chi connectivity index (χ0n) is 4.53. The summed E-state index contributed by atoms with van der Waals surface area (Å²) < 4.78 is 4.75. The van der Waals surface area contributed by atoms with Crippen LogP contribution in [0.4, 0.5) is 0 Å². The molecule has 2 N–H and O–H groups in total. The van der Waals surface area contributed by atoms with Crippen molar-refractivity contribution in [2.24, 2.45) is 5.73 Å². The van der Waals surface area contributed by atoms with Crippen molar-refractivity contribution in [2.45, 2.75) is 13.0 Å². The van der Waals surface area contributed by atoms with Crippen molar-refractivity contribution in [2.75, 3.05) is 0 Å². The third kappa shape index (κ3) is 0.840. The number of rotatable bonds is 1. The summed E-state index contributed by atoms with van der Waals surface area (Å²) in [7, 11) is 0. The Labute approximate surface area is 46.7 Å². The summed E-state index contributed by atoms with van der Waals surface area (Å²) in [6.07, 6.45) is 1.26. The van der Waals surface area contributed by atoms with E-state index in [1.165, 1.54) is 6.39 Å². The molecule has 0 saturated heterocycles. The van der Waals surface area contributed by atoms with Crippen molar-refractivity contribution in [3.05, 3.63) is 12.3 Å². The van der Waals surface area contributed by atoms with Crippen molar-refractivity contribution < 1.29 is 4.42 Å². The number of nitrogens with zero attached hydrogens (tertiary/aromatic N) is 2. The van der Waals surface area contributed by atoms with Crippen LogP contribution in [0.2, 0.25) is 0 Å². The van der Waals surface area contributed by atoms with E-state index >= 15 is 0 Å². The van der Waals surface area contributed by atoms with Gasteiger partial charge in [-0.3, -0.25) is 0 Å². The molecule has 1 atom stereocenters. The molecule has 44 valence electrons. The smallest absolute Gasteiger partial charge is 0.232 e. The number of hydrogen-bond donors (Lipinski definition) is 1. The molecule has 0 saturated carbocycles. The quantitative estimate of drug-likeness (QED) is 0.560.